The SMILES string of the molecule is CC(=O)NS(=O)(=O)c1ccc(NC(=O)[C@@H]2C[C@H](C)CC[C@H]2C(C)C)cc1. The Morgan fingerprint density at radius 2 is 1.73 bits per heavy atom. The molecule has 2 rings (SSSR count). The van der Waals surface area contributed by atoms with Gasteiger partial charge in [0.05, 0.1) is 4.90 Å². The number of sulfonamides is 1. The van der Waals surface area contributed by atoms with Crippen molar-refractivity contribution in [3.8, 4) is 0 Å². The molecule has 3 atom stereocenters. The van der Waals surface area contributed by atoms with Crippen LogP contribution in [-0.4, -0.2) is 20.2 Å². The van der Waals surface area contributed by atoms with Gasteiger partial charge in [-0.3, -0.25) is 9.59 Å². The lowest BCUT2D eigenvalue weighted by Crippen LogP contribution is -2.36. The standard InChI is InChI=1S/C19H28N2O4S/c1-12(2)17-10-5-13(3)11-18(17)19(23)20-15-6-8-16(9-7-15)26(24,25)21-14(4)22/h6-9,12-13,17-18H,5,10-11H2,1-4H3,(H,20,23)(H,21,22)/t13-,17+,18-/m1/s1. The van der Waals surface area contributed by atoms with E-state index in [1.54, 1.807) is 12.1 Å². The molecule has 6 nitrogen and oxygen atoms in total. The fourth-order valence-corrected chi connectivity index (χ4v) is 4.69. The predicted octanol–water partition coefficient (Wildman–Crippen LogP) is 3.16. The highest BCUT2D eigenvalue weighted by Crippen LogP contribution is 2.38. The lowest BCUT2D eigenvalue weighted by atomic mass is 9.70. The summed E-state index contributed by atoms with van der Waals surface area (Å²) in [5.41, 5.74) is 0.553. The minimum atomic E-state index is -3.86. The molecule has 1 fully saturated rings. The van der Waals surface area contributed by atoms with Crippen LogP contribution in [-0.2, 0) is 19.6 Å². The van der Waals surface area contributed by atoms with Gasteiger partial charge in [0.25, 0.3) is 10.0 Å². The van der Waals surface area contributed by atoms with Crippen LogP contribution in [0.2, 0.25) is 0 Å². The van der Waals surface area contributed by atoms with E-state index in [1.807, 2.05) is 4.72 Å². The van der Waals surface area contributed by atoms with Crippen molar-refractivity contribution in [3.05, 3.63) is 24.3 Å². The Kier molecular flexibility index (Phi) is 6.44. The van der Waals surface area contributed by atoms with Crippen molar-refractivity contribution in [3.63, 3.8) is 0 Å². The monoisotopic (exact) mass is 380 g/mol. The van der Waals surface area contributed by atoms with Crippen LogP contribution in [0.1, 0.15) is 47.0 Å². The van der Waals surface area contributed by atoms with Gasteiger partial charge < -0.3 is 5.32 Å². The summed E-state index contributed by atoms with van der Waals surface area (Å²) in [4.78, 5) is 23.7. The van der Waals surface area contributed by atoms with E-state index in [0.29, 0.717) is 23.4 Å². The van der Waals surface area contributed by atoms with Gasteiger partial charge in [-0.15, -0.1) is 0 Å². The van der Waals surface area contributed by atoms with Crippen molar-refractivity contribution in [1.82, 2.24) is 4.72 Å². The minimum Gasteiger partial charge on any atom is -0.326 e. The van der Waals surface area contributed by atoms with E-state index in [1.165, 1.54) is 12.1 Å². The van der Waals surface area contributed by atoms with E-state index in [9.17, 15) is 18.0 Å². The van der Waals surface area contributed by atoms with Crippen molar-refractivity contribution in [2.24, 2.45) is 23.7 Å². The first-order valence-electron chi connectivity index (χ1n) is 9.04. The Bertz CT molecular complexity index is 756. The Hall–Kier alpha value is -1.89. The number of hydrogen-bond acceptors (Lipinski definition) is 4. The molecule has 1 aliphatic carbocycles. The first kappa shape index (κ1) is 20.4. The fraction of sp³-hybridized carbons (Fsp3) is 0.579. The molecule has 1 aromatic rings. The smallest absolute Gasteiger partial charge is 0.264 e. The average Bonchev–Trinajstić information content (AvgIpc) is 2.53. The highest BCUT2D eigenvalue weighted by molar-refractivity contribution is 7.90. The molecule has 0 saturated heterocycles. The van der Waals surface area contributed by atoms with Crippen molar-refractivity contribution in [2.45, 2.75) is 51.9 Å². The summed E-state index contributed by atoms with van der Waals surface area (Å²) in [7, 11) is -3.86. The zero-order chi connectivity index (χ0) is 19.5. The summed E-state index contributed by atoms with van der Waals surface area (Å²) in [5.74, 6) is 0.669. The van der Waals surface area contributed by atoms with Crippen LogP contribution in [0.25, 0.3) is 0 Å². The predicted molar refractivity (Wildman–Crippen MR) is 101 cm³/mol. The lowest BCUT2D eigenvalue weighted by molar-refractivity contribution is -0.124. The Morgan fingerprint density at radius 1 is 1.12 bits per heavy atom. The van der Waals surface area contributed by atoms with Crippen LogP contribution in [0.15, 0.2) is 29.2 Å². The Balaban J connectivity index is 2.10. The Labute approximate surface area is 155 Å². The van der Waals surface area contributed by atoms with E-state index in [4.69, 9.17) is 0 Å². The molecular weight excluding hydrogens is 352 g/mol. The van der Waals surface area contributed by atoms with E-state index in [2.05, 4.69) is 26.1 Å². The lowest BCUT2D eigenvalue weighted by Gasteiger charge is -2.36. The quantitative estimate of drug-likeness (QED) is 0.821. The summed E-state index contributed by atoms with van der Waals surface area (Å²) in [5, 5.41) is 2.92. The molecule has 0 spiro atoms. The number of carbonyl (C=O) groups is 2. The summed E-state index contributed by atoms with van der Waals surface area (Å²) < 4.78 is 25.8. The zero-order valence-corrected chi connectivity index (χ0v) is 16.6. The van der Waals surface area contributed by atoms with Crippen LogP contribution in [0.4, 0.5) is 5.69 Å². The zero-order valence-electron chi connectivity index (χ0n) is 15.8. The molecule has 0 aromatic heterocycles. The highest BCUT2D eigenvalue weighted by Gasteiger charge is 2.35. The van der Waals surface area contributed by atoms with Gasteiger partial charge in [-0.05, 0) is 54.9 Å². The molecule has 0 heterocycles. The van der Waals surface area contributed by atoms with Gasteiger partial charge in [0.1, 0.15) is 0 Å². The second kappa shape index (κ2) is 8.20. The van der Waals surface area contributed by atoms with Gasteiger partial charge >= 0.3 is 0 Å². The molecule has 0 bridgehead atoms. The number of carbonyl (C=O) groups excluding carboxylic acids is 2. The maximum Gasteiger partial charge on any atom is 0.264 e. The largest absolute Gasteiger partial charge is 0.326 e. The molecule has 144 valence electrons. The van der Waals surface area contributed by atoms with Crippen LogP contribution < -0.4 is 10.0 Å². The highest BCUT2D eigenvalue weighted by atomic mass is 32.2. The van der Waals surface area contributed by atoms with Crippen LogP contribution in [0.5, 0.6) is 0 Å². The third-order valence-electron chi connectivity index (χ3n) is 5.07. The number of amides is 2. The maximum absolute atomic E-state index is 12.8. The first-order valence-corrected chi connectivity index (χ1v) is 10.5. The number of rotatable bonds is 5. The molecule has 2 N–H and O–H groups in total. The molecule has 0 aliphatic heterocycles. The van der Waals surface area contributed by atoms with Gasteiger partial charge in [0, 0.05) is 18.5 Å². The summed E-state index contributed by atoms with van der Waals surface area (Å²) in [6.45, 7) is 7.63. The maximum atomic E-state index is 12.8. The molecule has 1 aliphatic rings. The molecule has 7 heteroatoms. The van der Waals surface area contributed by atoms with E-state index in [-0.39, 0.29) is 16.7 Å². The van der Waals surface area contributed by atoms with Crippen LogP contribution in [0, 0.1) is 23.7 Å². The summed E-state index contributed by atoms with van der Waals surface area (Å²) in [6.07, 6.45) is 3.09. The van der Waals surface area contributed by atoms with Gasteiger partial charge in [-0.25, -0.2) is 13.1 Å². The van der Waals surface area contributed by atoms with Crippen molar-refractivity contribution in [2.75, 3.05) is 5.32 Å². The van der Waals surface area contributed by atoms with Gasteiger partial charge in [0.2, 0.25) is 11.8 Å². The molecule has 0 radical (unpaired) electrons. The van der Waals surface area contributed by atoms with Crippen LogP contribution >= 0.6 is 0 Å². The van der Waals surface area contributed by atoms with Crippen molar-refractivity contribution < 1.29 is 18.0 Å². The molecule has 0 unspecified atom stereocenters. The summed E-state index contributed by atoms with van der Waals surface area (Å²) >= 11 is 0. The topological polar surface area (TPSA) is 92.3 Å². The Morgan fingerprint density at radius 3 is 2.27 bits per heavy atom. The molecule has 2 amide bonds. The number of hydrogen-bond donors (Lipinski definition) is 2. The van der Waals surface area contributed by atoms with E-state index < -0.39 is 15.9 Å². The van der Waals surface area contributed by atoms with Crippen LogP contribution in [0.3, 0.4) is 0 Å². The second-order valence-corrected chi connectivity index (χ2v) is 9.29. The molecule has 26 heavy (non-hydrogen) atoms. The average molecular weight is 381 g/mol. The van der Waals surface area contributed by atoms with Gasteiger partial charge in [-0.2, -0.15) is 0 Å². The molecule has 1 aromatic carbocycles. The minimum absolute atomic E-state index is 0.00674. The fourth-order valence-electron chi connectivity index (χ4n) is 3.70. The first-order chi connectivity index (χ1) is 12.1. The third-order valence-corrected chi connectivity index (χ3v) is 6.52. The molecular formula is C19H28N2O4S. The third kappa shape index (κ3) is 5.06. The number of anilines is 1. The number of benzene rings is 1. The van der Waals surface area contributed by atoms with E-state index in [0.717, 1.165) is 26.2 Å². The van der Waals surface area contributed by atoms with Crippen molar-refractivity contribution >= 4 is 27.5 Å². The van der Waals surface area contributed by atoms with E-state index >= 15 is 0 Å². The second-order valence-electron chi connectivity index (χ2n) is 7.61. The van der Waals surface area contributed by atoms with Gasteiger partial charge in [-0.1, -0.05) is 27.2 Å². The number of nitrogens with one attached hydrogen (secondary N) is 2. The summed E-state index contributed by atoms with van der Waals surface area (Å²) in [6, 6.07) is 5.85. The molecule has 1 saturated carbocycles. The van der Waals surface area contributed by atoms with Crippen molar-refractivity contribution in [1.29, 1.82) is 0 Å². The normalized spacial score (nSPS) is 23.5. The van der Waals surface area contributed by atoms with Gasteiger partial charge in [0.15, 0.2) is 0 Å².